The largest absolute Gasteiger partial charge is 0.496 e. The van der Waals surface area contributed by atoms with E-state index in [0.29, 0.717) is 6.04 Å². The molecule has 0 saturated heterocycles. The first-order valence-corrected chi connectivity index (χ1v) is 7.54. The van der Waals surface area contributed by atoms with Crippen LogP contribution in [0, 0.1) is 0 Å². The van der Waals surface area contributed by atoms with Crippen LogP contribution in [0.3, 0.4) is 0 Å². The molecule has 2 heteroatoms. The topological polar surface area (TPSA) is 21.3 Å². The highest BCUT2D eigenvalue weighted by Crippen LogP contribution is 2.33. The second-order valence-corrected chi connectivity index (χ2v) is 5.24. The Bertz CT molecular complexity index is 550. The van der Waals surface area contributed by atoms with Crippen LogP contribution in [0.5, 0.6) is 5.75 Å². The maximum Gasteiger partial charge on any atom is 0.126 e. The van der Waals surface area contributed by atoms with Crippen LogP contribution in [-0.4, -0.2) is 14.2 Å². The zero-order valence-electron chi connectivity index (χ0n) is 12.8. The van der Waals surface area contributed by atoms with Gasteiger partial charge in [-0.05, 0) is 30.5 Å². The van der Waals surface area contributed by atoms with Gasteiger partial charge >= 0.3 is 0 Å². The molecule has 0 aliphatic heterocycles. The molecule has 0 aliphatic carbocycles. The van der Waals surface area contributed by atoms with Crippen LogP contribution in [0.2, 0.25) is 0 Å². The third-order valence-corrected chi connectivity index (χ3v) is 3.96. The van der Waals surface area contributed by atoms with Crippen molar-refractivity contribution in [3.63, 3.8) is 0 Å². The van der Waals surface area contributed by atoms with Crippen LogP contribution >= 0.6 is 0 Å². The Morgan fingerprint density at radius 1 is 1.05 bits per heavy atom. The number of rotatable bonds is 7. The Labute approximate surface area is 122 Å². The smallest absolute Gasteiger partial charge is 0.126 e. The van der Waals surface area contributed by atoms with Crippen LogP contribution in [0.4, 0.5) is 0 Å². The minimum absolute atomic E-state index is 0.414. The number of nitrogens with one attached hydrogen (secondary N) is 1. The minimum Gasteiger partial charge on any atom is -0.496 e. The van der Waals surface area contributed by atoms with E-state index in [4.69, 9.17) is 4.74 Å². The van der Waals surface area contributed by atoms with Crippen LogP contribution in [0.25, 0.3) is 10.8 Å². The van der Waals surface area contributed by atoms with E-state index in [1.807, 2.05) is 0 Å². The molecule has 0 spiro atoms. The van der Waals surface area contributed by atoms with Crippen LogP contribution in [0.15, 0.2) is 36.4 Å². The van der Waals surface area contributed by atoms with Gasteiger partial charge in [0.05, 0.1) is 7.11 Å². The van der Waals surface area contributed by atoms with Crippen molar-refractivity contribution in [3.8, 4) is 5.75 Å². The summed E-state index contributed by atoms with van der Waals surface area (Å²) in [4.78, 5) is 0. The average Bonchev–Trinajstić information content (AvgIpc) is 2.51. The molecule has 0 bridgehead atoms. The lowest BCUT2D eigenvalue weighted by molar-refractivity contribution is 0.419. The summed E-state index contributed by atoms with van der Waals surface area (Å²) in [5.41, 5.74) is 1.38. The zero-order chi connectivity index (χ0) is 14.4. The summed E-state index contributed by atoms with van der Waals surface area (Å²) in [6.07, 6.45) is 5.01. The van der Waals surface area contributed by atoms with Crippen molar-refractivity contribution in [1.82, 2.24) is 5.32 Å². The fourth-order valence-corrected chi connectivity index (χ4v) is 2.83. The maximum atomic E-state index is 5.47. The van der Waals surface area contributed by atoms with Gasteiger partial charge < -0.3 is 10.1 Å². The van der Waals surface area contributed by atoms with Gasteiger partial charge in [-0.25, -0.2) is 0 Å². The lowest BCUT2D eigenvalue weighted by atomic mass is 9.94. The standard InChI is InChI=1S/C18H25NO/c1-4-5-6-11-17(19-2)15-12-13-18(20-3)16-10-8-7-9-14(15)16/h7-10,12-13,17,19H,4-6,11H2,1-3H3. The molecule has 0 aromatic heterocycles. The van der Waals surface area contributed by atoms with Gasteiger partial charge in [0.25, 0.3) is 0 Å². The predicted molar refractivity (Wildman–Crippen MR) is 86.4 cm³/mol. The van der Waals surface area contributed by atoms with E-state index in [2.05, 4.69) is 55.7 Å². The first-order valence-electron chi connectivity index (χ1n) is 7.54. The molecule has 2 aromatic carbocycles. The highest BCUT2D eigenvalue weighted by molar-refractivity contribution is 5.91. The summed E-state index contributed by atoms with van der Waals surface area (Å²) in [7, 11) is 3.79. The monoisotopic (exact) mass is 271 g/mol. The van der Waals surface area contributed by atoms with Crippen LogP contribution < -0.4 is 10.1 Å². The molecule has 1 atom stereocenters. The quantitative estimate of drug-likeness (QED) is 0.738. The van der Waals surface area contributed by atoms with Crippen molar-refractivity contribution in [2.45, 2.75) is 38.6 Å². The van der Waals surface area contributed by atoms with Gasteiger partial charge in [-0.2, -0.15) is 0 Å². The first kappa shape index (κ1) is 14.9. The number of fused-ring (bicyclic) bond motifs is 1. The summed E-state index contributed by atoms with van der Waals surface area (Å²) in [6.45, 7) is 2.25. The van der Waals surface area contributed by atoms with Gasteiger partial charge in [0, 0.05) is 11.4 Å². The van der Waals surface area contributed by atoms with E-state index in [1.54, 1.807) is 7.11 Å². The van der Waals surface area contributed by atoms with Crippen LogP contribution in [0.1, 0.15) is 44.2 Å². The van der Waals surface area contributed by atoms with Gasteiger partial charge in [-0.3, -0.25) is 0 Å². The molecule has 0 heterocycles. The second-order valence-electron chi connectivity index (χ2n) is 5.24. The molecule has 0 saturated carbocycles. The van der Waals surface area contributed by atoms with Crippen molar-refractivity contribution in [3.05, 3.63) is 42.0 Å². The molecule has 2 rings (SSSR count). The lowest BCUT2D eigenvalue weighted by Crippen LogP contribution is -2.16. The molecule has 0 aliphatic rings. The molecule has 1 N–H and O–H groups in total. The summed E-state index contributed by atoms with van der Waals surface area (Å²) in [6, 6.07) is 13.2. The molecule has 0 radical (unpaired) electrons. The van der Waals surface area contributed by atoms with Gasteiger partial charge in [-0.15, -0.1) is 0 Å². The molecule has 2 nitrogen and oxygen atoms in total. The summed E-state index contributed by atoms with van der Waals surface area (Å²) in [5, 5.41) is 5.96. The molecule has 0 fully saturated rings. The van der Waals surface area contributed by atoms with Crippen molar-refractivity contribution in [2.24, 2.45) is 0 Å². The third kappa shape index (κ3) is 3.13. The van der Waals surface area contributed by atoms with Crippen molar-refractivity contribution < 1.29 is 4.74 Å². The summed E-state index contributed by atoms with van der Waals surface area (Å²) >= 11 is 0. The molecule has 2 aromatic rings. The second kappa shape index (κ2) is 7.30. The molecular formula is C18H25NO. The fraction of sp³-hybridized carbons (Fsp3) is 0.444. The van der Waals surface area contributed by atoms with Crippen molar-refractivity contribution in [2.75, 3.05) is 14.2 Å². The summed E-state index contributed by atoms with van der Waals surface area (Å²) in [5.74, 6) is 0.952. The highest BCUT2D eigenvalue weighted by Gasteiger charge is 2.14. The Kier molecular flexibility index (Phi) is 5.42. The summed E-state index contributed by atoms with van der Waals surface area (Å²) < 4.78 is 5.47. The van der Waals surface area contributed by atoms with Crippen molar-refractivity contribution in [1.29, 1.82) is 0 Å². The predicted octanol–water partition coefficient (Wildman–Crippen LogP) is 4.69. The van der Waals surface area contributed by atoms with E-state index in [9.17, 15) is 0 Å². The fourth-order valence-electron chi connectivity index (χ4n) is 2.83. The Morgan fingerprint density at radius 3 is 2.45 bits per heavy atom. The number of ether oxygens (including phenoxy) is 1. The van der Waals surface area contributed by atoms with Gasteiger partial charge in [0.1, 0.15) is 5.75 Å². The third-order valence-electron chi connectivity index (χ3n) is 3.96. The maximum absolute atomic E-state index is 5.47. The van der Waals surface area contributed by atoms with Crippen LogP contribution in [-0.2, 0) is 0 Å². The van der Waals surface area contributed by atoms with E-state index < -0.39 is 0 Å². The van der Waals surface area contributed by atoms with Gasteiger partial charge in [-0.1, -0.05) is 56.5 Å². The highest BCUT2D eigenvalue weighted by atomic mass is 16.5. The Morgan fingerprint density at radius 2 is 1.80 bits per heavy atom. The number of methoxy groups -OCH3 is 1. The number of hydrogen-bond acceptors (Lipinski definition) is 2. The SMILES string of the molecule is CCCCCC(NC)c1ccc(OC)c2ccccc12. The number of hydrogen-bond donors (Lipinski definition) is 1. The van der Waals surface area contributed by atoms with Gasteiger partial charge in [0.2, 0.25) is 0 Å². The normalized spacial score (nSPS) is 12.6. The number of unbranched alkanes of at least 4 members (excludes halogenated alkanes) is 2. The Balaban J connectivity index is 2.37. The first-order chi connectivity index (χ1) is 9.81. The lowest BCUT2D eigenvalue weighted by Gasteiger charge is -2.19. The van der Waals surface area contributed by atoms with Crippen molar-refractivity contribution >= 4 is 10.8 Å². The Hall–Kier alpha value is -1.54. The average molecular weight is 271 g/mol. The molecular weight excluding hydrogens is 246 g/mol. The van der Waals surface area contributed by atoms with E-state index in [0.717, 1.165) is 5.75 Å². The molecule has 1 unspecified atom stereocenters. The van der Waals surface area contributed by atoms with Gasteiger partial charge in [0.15, 0.2) is 0 Å². The molecule has 0 amide bonds. The molecule has 20 heavy (non-hydrogen) atoms. The zero-order valence-corrected chi connectivity index (χ0v) is 12.8. The van der Waals surface area contributed by atoms with E-state index in [-0.39, 0.29) is 0 Å². The van der Waals surface area contributed by atoms with E-state index >= 15 is 0 Å². The minimum atomic E-state index is 0.414. The molecule has 108 valence electrons. The van der Waals surface area contributed by atoms with E-state index in [1.165, 1.54) is 42.0 Å². The number of benzene rings is 2.